The molecule has 0 aliphatic carbocycles. The van der Waals surface area contributed by atoms with E-state index in [0.29, 0.717) is 15.7 Å². The maximum atomic E-state index is 11.7. The molecule has 1 amide bonds. The van der Waals surface area contributed by atoms with Crippen LogP contribution in [0.5, 0.6) is 0 Å². The maximum absolute atomic E-state index is 11.7. The van der Waals surface area contributed by atoms with E-state index in [9.17, 15) is 9.90 Å². The molecule has 0 atom stereocenters. The highest BCUT2D eigenvalue weighted by molar-refractivity contribution is 9.10. The fraction of sp³-hybridized carbons (Fsp3) is 0.364. The van der Waals surface area contributed by atoms with E-state index in [1.165, 1.54) is 0 Å². The van der Waals surface area contributed by atoms with Crippen molar-refractivity contribution in [1.82, 2.24) is 5.32 Å². The lowest BCUT2D eigenvalue weighted by atomic mass is 10.1. The minimum atomic E-state index is -0.916. The average molecular weight is 287 g/mol. The molecule has 0 bridgehead atoms. The summed E-state index contributed by atoms with van der Waals surface area (Å²) in [5.41, 5.74) is 5.78. The number of hydrogen-bond donors (Lipinski definition) is 3. The van der Waals surface area contributed by atoms with Crippen molar-refractivity contribution in [3.05, 3.63) is 28.2 Å². The second-order valence-corrected chi connectivity index (χ2v) is 5.09. The van der Waals surface area contributed by atoms with Gasteiger partial charge in [-0.2, -0.15) is 0 Å². The monoisotopic (exact) mass is 286 g/mol. The molecule has 0 heterocycles. The molecule has 4 nitrogen and oxygen atoms in total. The first kappa shape index (κ1) is 13.0. The molecule has 1 aromatic rings. The Balaban J connectivity index is 2.70. The predicted molar refractivity (Wildman–Crippen MR) is 67.2 cm³/mol. The summed E-state index contributed by atoms with van der Waals surface area (Å²) in [6.07, 6.45) is 0. The number of aliphatic hydroxyl groups is 1. The molecule has 88 valence electrons. The van der Waals surface area contributed by atoms with Crippen molar-refractivity contribution in [2.45, 2.75) is 19.4 Å². The number of rotatable bonds is 3. The van der Waals surface area contributed by atoms with Gasteiger partial charge in [0.2, 0.25) is 0 Å². The van der Waals surface area contributed by atoms with Crippen LogP contribution in [0.4, 0.5) is 5.69 Å². The van der Waals surface area contributed by atoms with Gasteiger partial charge >= 0.3 is 0 Å². The predicted octanol–water partition coefficient (Wildman–Crippen LogP) is 1.53. The average Bonchev–Trinajstić information content (AvgIpc) is 2.17. The van der Waals surface area contributed by atoms with E-state index in [4.69, 9.17) is 5.73 Å². The van der Waals surface area contributed by atoms with E-state index in [-0.39, 0.29) is 12.5 Å². The highest BCUT2D eigenvalue weighted by atomic mass is 79.9. The van der Waals surface area contributed by atoms with Gasteiger partial charge in [0, 0.05) is 22.3 Å². The molecule has 0 spiro atoms. The van der Waals surface area contributed by atoms with Gasteiger partial charge in [0.25, 0.3) is 5.91 Å². The van der Waals surface area contributed by atoms with Crippen molar-refractivity contribution >= 4 is 27.5 Å². The first-order chi connectivity index (χ1) is 7.29. The molecular weight excluding hydrogens is 272 g/mol. The van der Waals surface area contributed by atoms with E-state index in [1.54, 1.807) is 32.0 Å². The number of benzene rings is 1. The number of carbonyl (C=O) groups is 1. The lowest BCUT2D eigenvalue weighted by Gasteiger charge is -2.17. The molecule has 1 rings (SSSR count). The van der Waals surface area contributed by atoms with Crippen LogP contribution in [0.1, 0.15) is 24.2 Å². The molecule has 16 heavy (non-hydrogen) atoms. The molecule has 4 N–H and O–H groups in total. The third kappa shape index (κ3) is 3.83. The normalized spacial score (nSPS) is 11.2. The summed E-state index contributed by atoms with van der Waals surface area (Å²) in [6, 6.07) is 4.94. The van der Waals surface area contributed by atoms with Crippen LogP contribution in [0.3, 0.4) is 0 Å². The molecule has 0 unspecified atom stereocenters. The Morgan fingerprint density at radius 3 is 2.69 bits per heavy atom. The van der Waals surface area contributed by atoms with Crippen LogP contribution in [0, 0.1) is 0 Å². The lowest BCUT2D eigenvalue weighted by Crippen LogP contribution is -2.38. The van der Waals surface area contributed by atoms with E-state index >= 15 is 0 Å². The van der Waals surface area contributed by atoms with E-state index in [0.717, 1.165) is 0 Å². The van der Waals surface area contributed by atoms with Crippen LogP contribution in [0.15, 0.2) is 22.7 Å². The topological polar surface area (TPSA) is 75.3 Å². The van der Waals surface area contributed by atoms with Gasteiger partial charge in [0.05, 0.1) is 5.60 Å². The molecule has 0 saturated heterocycles. The van der Waals surface area contributed by atoms with Crippen LogP contribution in [-0.4, -0.2) is 23.2 Å². The van der Waals surface area contributed by atoms with E-state index < -0.39 is 5.60 Å². The van der Waals surface area contributed by atoms with Crippen molar-refractivity contribution in [3.8, 4) is 0 Å². The fourth-order valence-electron chi connectivity index (χ4n) is 1.07. The lowest BCUT2D eigenvalue weighted by molar-refractivity contribution is 0.0694. The number of anilines is 1. The summed E-state index contributed by atoms with van der Waals surface area (Å²) in [6.45, 7) is 3.46. The molecule has 0 aromatic heterocycles. The first-order valence-corrected chi connectivity index (χ1v) is 5.64. The molecule has 1 aromatic carbocycles. The highest BCUT2D eigenvalue weighted by Gasteiger charge is 2.15. The number of nitrogens with two attached hydrogens (primary N) is 1. The summed E-state index contributed by atoms with van der Waals surface area (Å²) in [4.78, 5) is 11.7. The van der Waals surface area contributed by atoms with Crippen molar-refractivity contribution < 1.29 is 9.90 Å². The summed E-state index contributed by atoms with van der Waals surface area (Å²) >= 11 is 3.25. The van der Waals surface area contributed by atoms with Crippen molar-refractivity contribution in [1.29, 1.82) is 0 Å². The Hall–Kier alpha value is -1.07. The Morgan fingerprint density at radius 1 is 1.56 bits per heavy atom. The number of carbonyl (C=O) groups excluding carboxylic acids is 1. The van der Waals surface area contributed by atoms with Gasteiger partial charge in [-0.15, -0.1) is 0 Å². The minimum Gasteiger partial charge on any atom is -0.398 e. The van der Waals surface area contributed by atoms with Gasteiger partial charge in [0.1, 0.15) is 0 Å². The number of amides is 1. The summed E-state index contributed by atoms with van der Waals surface area (Å²) < 4.78 is 0.684. The fourth-order valence-corrected chi connectivity index (χ4v) is 1.45. The standard InChI is InChI=1S/C11H15BrN2O2/c1-11(2,16)6-14-10(15)7-3-4-9(13)8(12)5-7/h3-5,16H,6,13H2,1-2H3,(H,14,15). The molecule has 0 aliphatic heterocycles. The second kappa shape index (κ2) is 4.84. The maximum Gasteiger partial charge on any atom is 0.251 e. The largest absolute Gasteiger partial charge is 0.398 e. The van der Waals surface area contributed by atoms with Gasteiger partial charge in [-0.1, -0.05) is 0 Å². The Kier molecular flexibility index (Phi) is 3.93. The number of nitrogen functional groups attached to an aromatic ring is 1. The summed E-state index contributed by atoms with van der Waals surface area (Å²) in [7, 11) is 0. The molecule has 0 saturated carbocycles. The van der Waals surface area contributed by atoms with Gasteiger partial charge in [-0.3, -0.25) is 4.79 Å². The number of hydrogen-bond acceptors (Lipinski definition) is 3. The molecule has 0 radical (unpaired) electrons. The molecule has 5 heteroatoms. The Labute approximate surface area is 103 Å². The zero-order valence-electron chi connectivity index (χ0n) is 9.25. The quantitative estimate of drug-likeness (QED) is 0.738. The first-order valence-electron chi connectivity index (χ1n) is 4.85. The Bertz CT molecular complexity index is 399. The minimum absolute atomic E-state index is 0.202. The van der Waals surface area contributed by atoms with E-state index in [1.807, 2.05) is 0 Å². The van der Waals surface area contributed by atoms with Crippen LogP contribution in [-0.2, 0) is 0 Å². The highest BCUT2D eigenvalue weighted by Crippen LogP contribution is 2.20. The summed E-state index contributed by atoms with van der Waals surface area (Å²) in [5.74, 6) is -0.233. The van der Waals surface area contributed by atoms with Crippen molar-refractivity contribution in [2.24, 2.45) is 0 Å². The second-order valence-electron chi connectivity index (χ2n) is 4.23. The summed E-state index contributed by atoms with van der Waals surface area (Å²) in [5, 5.41) is 12.1. The number of halogens is 1. The van der Waals surface area contributed by atoms with Gasteiger partial charge in [-0.25, -0.2) is 0 Å². The molecular formula is C11H15BrN2O2. The zero-order chi connectivity index (χ0) is 12.3. The van der Waals surface area contributed by atoms with Gasteiger partial charge in [0.15, 0.2) is 0 Å². The van der Waals surface area contributed by atoms with Crippen LogP contribution in [0.2, 0.25) is 0 Å². The molecule has 0 aliphatic rings. The van der Waals surface area contributed by atoms with Crippen LogP contribution < -0.4 is 11.1 Å². The van der Waals surface area contributed by atoms with Gasteiger partial charge < -0.3 is 16.2 Å². The SMILES string of the molecule is CC(C)(O)CNC(=O)c1ccc(N)c(Br)c1. The van der Waals surface area contributed by atoms with Crippen LogP contribution >= 0.6 is 15.9 Å². The molecule has 0 fully saturated rings. The van der Waals surface area contributed by atoms with E-state index in [2.05, 4.69) is 21.2 Å². The van der Waals surface area contributed by atoms with Crippen molar-refractivity contribution in [3.63, 3.8) is 0 Å². The zero-order valence-corrected chi connectivity index (χ0v) is 10.8. The number of nitrogens with one attached hydrogen (secondary N) is 1. The third-order valence-corrected chi connectivity index (χ3v) is 2.63. The van der Waals surface area contributed by atoms with Crippen LogP contribution in [0.25, 0.3) is 0 Å². The van der Waals surface area contributed by atoms with Crippen molar-refractivity contribution in [2.75, 3.05) is 12.3 Å². The smallest absolute Gasteiger partial charge is 0.251 e. The Morgan fingerprint density at radius 2 is 2.19 bits per heavy atom. The van der Waals surface area contributed by atoms with Gasteiger partial charge in [-0.05, 0) is 48.0 Å². The third-order valence-electron chi connectivity index (χ3n) is 1.94.